The maximum Gasteiger partial charge on any atom is 0.278 e. The smallest absolute Gasteiger partial charge is 0.278 e. The van der Waals surface area contributed by atoms with Crippen molar-refractivity contribution in [3.8, 4) is 11.5 Å². The standard InChI is InChI=1S/C28H28N2O4/c1-3-33-23-14-10-21(11-15-23)25-26(29-22-12-16-24(17-13-22)34-4-2)28(32)30(27(25)31)19-18-20-8-6-5-7-9-20/h5-17,29H,3-4,18-19H2,1-2H3. The first kappa shape index (κ1) is 23.1. The highest BCUT2D eigenvalue weighted by atomic mass is 16.5. The van der Waals surface area contributed by atoms with Gasteiger partial charge in [-0.15, -0.1) is 0 Å². The lowest BCUT2D eigenvalue weighted by Gasteiger charge is -2.15. The van der Waals surface area contributed by atoms with Crippen LogP contribution in [-0.4, -0.2) is 36.5 Å². The molecule has 0 unspecified atom stereocenters. The molecule has 4 rings (SSSR count). The minimum absolute atomic E-state index is 0.270. The molecule has 0 aliphatic carbocycles. The lowest BCUT2D eigenvalue weighted by molar-refractivity contribution is -0.136. The minimum Gasteiger partial charge on any atom is -0.494 e. The normalized spacial score (nSPS) is 13.4. The molecule has 0 fully saturated rings. The summed E-state index contributed by atoms with van der Waals surface area (Å²) >= 11 is 0. The zero-order valence-electron chi connectivity index (χ0n) is 19.4. The van der Waals surface area contributed by atoms with E-state index < -0.39 is 0 Å². The van der Waals surface area contributed by atoms with Gasteiger partial charge in [-0.05, 0) is 67.8 Å². The number of anilines is 1. The molecule has 34 heavy (non-hydrogen) atoms. The van der Waals surface area contributed by atoms with Gasteiger partial charge in [0, 0.05) is 12.2 Å². The summed E-state index contributed by atoms with van der Waals surface area (Å²) in [6.45, 7) is 5.27. The molecule has 0 saturated carbocycles. The van der Waals surface area contributed by atoms with Crippen LogP contribution in [0.25, 0.3) is 5.57 Å². The van der Waals surface area contributed by atoms with Crippen molar-refractivity contribution in [3.05, 3.63) is 95.7 Å². The Kier molecular flexibility index (Phi) is 7.28. The molecule has 0 bridgehead atoms. The summed E-state index contributed by atoms with van der Waals surface area (Å²) in [4.78, 5) is 28.2. The summed E-state index contributed by atoms with van der Waals surface area (Å²) in [6.07, 6.45) is 0.589. The van der Waals surface area contributed by atoms with Gasteiger partial charge in [-0.2, -0.15) is 0 Å². The number of nitrogens with zero attached hydrogens (tertiary/aromatic N) is 1. The fourth-order valence-corrected chi connectivity index (χ4v) is 3.88. The molecule has 0 atom stereocenters. The van der Waals surface area contributed by atoms with Crippen LogP contribution in [-0.2, 0) is 16.0 Å². The van der Waals surface area contributed by atoms with Crippen LogP contribution < -0.4 is 14.8 Å². The van der Waals surface area contributed by atoms with Crippen molar-refractivity contribution < 1.29 is 19.1 Å². The second kappa shape index (κ2) is 10.7. The van der Waals surface area contributed by atoms with Gasteiger partial charge >= 0.3 is 0 Å². The van der Waals surface area contributed by atoms with Crippen LogP contribution in [0.2, 0.25) is 0 Å². The third kappa shape index (κ3) is 5.12. The SMILES string of the molecule is CCOc1ccc(NC2=C(c3ccc(OCC)cc3)C(=O)N(CCc3ccccc3)C2=O)cc1. The van der Waals surface area contributed by atoms with Gasteiger partial charge in [0.15, 0.2) is 0 Å². The topological polar surface area (TPSA) is 67.9 Å². The van der Waals surface area contributed by atoms with Gasteiger partial charge in [0.25, 0.3) is 11.8 Å². The zero-order valence-corrected chi connectivity index (χ0v) is 19.4. The highest BCUT2D eigenvalue weighted by Crippen LogP contribution is 2.32. The number of rotatable bonds is 10. The van der Waals surface area contributed by atoms with Crippen LogP contribution in [0, 0.1) is 0 Å². The van der Waals surface area contributed by atoms with Crippen molar-refractivity contribution >= 4 is 23.1 Å². The van der Waals surface area contributed by atoms with Gasteiger partial charge in [0.2, 0.25) is 0 Å². The molecule has 174 valence electrons. The number of carbonyl (C=O) groups is 2. The monoisotopic (exact) mass is 456 g/mol. The van der Waals surface area contributed by atoms with Gasteiger partial charge in [0.1, 0.15) is 17.2 Å². The molecule has 1 N–H and O–H groups in total. The maximum absolute atomic E-state index is 13.4. The Balaban J connectivity index is 1.63. The predicted octanol–water partition coefficient (Wildman–Crippen LogP) is 4.92. The van der Waals surface area contributed by atoms with E-state index in [1.54, 1.807) is 0 Å². The van der Waals surface area contributed by atoms with Crippen molar-refractivity contribution in [2.45, 2.75) is 20.3 Å². The third-order valence-corrected chi connectivity index (χ3v) is 5.52. The summed E-state index contributed by atoms with van der Waals surface area (Å²) in [5.41, 5.74) is 3.06. The van der Waals surface area contributed by atoms with Gasteiger partial charge in [-0.1, -0.05) is 42.5 Å². The van der Waals surface area contributed by atoms with Crippen molar-refractivity contribution in [2.24, 2.45) is 0 Å². The first-order chi connectivity index (χ1) is 16.6. The molecular weight excluding hydrogens is 428 g/mol. The predicted molar refractivity (Wildman–Crippen MR) is 133 cm³/mol. The van der Waals surface area contributed by atoms with Gasteiger partial charge in [0.05, 0.1) is 18.8 Å². The molecule has 3 aromatic rings. The number of ether oxygens (including phenoxy) is 2. The van der Waals surface area contributed by atoms with E-state index in [0.717, 1.165) is 11.3 Å². The third-order valence-electron chi connectivity index (χ3n) is 5.52. The highest BCUT2D eigenvalue weighted by Gasteiger charge is 2.39. The van der Waals surface area contributed by atoms with Crippen LogP contribution in [0.3, 0.4) is 0 Å². The Morgan fingerprint density at radius 2 is 1.32 bits per heavy atom. The van der Waals surface area contributed by atoms with Gasteiger partial charge in [-0.25, -0.2) is 0 Å². The fourth-order valence-electron chi connectivity index (χ4n) is 3.88. The Bertz CT molecular complexity index is 1170. The molecule has 6 heteroatoms. The van der Waals surface area contributed by atoms with Crippen LogP contribution in [0.15, 0.2) is 84.6 Å². The average molecular weight is 457 g/mol. The maximum atomic E-state index is 13.4. The number of amides is 2. The minimum atomic E-state index is -0.335. The number of benzene rings is 3. The molecule has 6 nitrogen and oxygen atoms in total. The molecule has 0 saturated heterocycles. The Hall–Kier alpha value is -4.06. The molecule has 1 heterocycles. The van der Waals surface area contributed by atoms with E-state index in [4.69, 9.17) is 9.47 Å². The molecule has 0 aromatic heterocycles. The summed E-state index contributed by atoms with van der Waals surface area (Å²) in [6, 6.07) is 24.4. The van der Waals surface area contributed by atoms with E-state index in [1.807, 2.05) is 92.7 Å². The van der Waals surface area contributed by atoms with Crippen LogP contribution >= 0.6 is 0 Å². The van der Waals surface area contributed by atoms with Gasteiger partial charge in [-0.3, -0.25) is 14.5 Å². The first-order valence-electron chi connectivity index (χ1n) is 11.5. The van der Waals surface area contributed by atoms with Gasteiger partial charge < -0.3 is 14.8 Å². The Labute approximate surface area is 199 Å². The lowest BCUT2D eigenvalue weighted by atomic mass is 10.0. The molecule has 3 aromatic carbocycles. The highest BCUT2D eigenvalue weighted by molar-refractivity contribution is 6.36. The van der Waals surface area contributed by atoms with E-state index in [1.165, 1.54) is 4.90 Å². The first-order valence-corrected chi connectivity index (χ1v) is 11.5. The van der Waals surface area contributed by atoms with E-state index in [2.05, 4.69) is 5.32 Å². The molecule has 1 aliphatic heterocycles. The van der Waals surface area contributed by atoms with Crippen LogP contribution in [0.4, 0.5) is 5.69 Å². The number of carbonyl (C=O) groups excluding carboxylic acids is 2. The number of imide groups is 1. The molecule has 0 spiro atoms. The molecule has 0 radical (unpaired) electrons. The fraction of sp³-hybridized carbons (Fsp3) is 0.214. The van der Waals surface area contributed by atoms with Crippen LogP contribution in [0.1, 0.15) is 25.0 Å². The largest absolute Gasteiger partial charge is 0.494 e. The second-order valence-electron chi connectivity index (χ2n) is 7.79. The zero-order chi connectivity index (χ0) is 23.9. The van der Waals surface area contributed by atoms with E-state index in [-0.39, 0.29) is 17.5 Å². The summed E-state index contributed by atoms with van der Waals surface area (Å²) in [5.74, 6) is 0.815. The molecule has 2 amide bonds. The van der Waals surface area contributed by atoms with E-state index >= 15 is 0 Å². The number of hydrogen-bond donors (Lipinski definition) is 1. The van der Waals surface area contributed by atoms with Crippen molar-refractivity contribution in [1.29, 1.82) is 0 Å². The van der Waals surface area contributed by atoms with Crippen molar-refractivity contribution in [1.82, 2.24) is 4.90 Å². The summed E-state index contributed by atoms with van der Waals surface area (Å²) in [5, 5.41) is 3.19. The summed E-state index contributed by atoms with van der Waals surface area (Å²) in [7, 11) is 0. The quantitative estimate of drug-likeness (QED) is 0.439. The molecule has 1 aliphatic rings. The van der Waals surface area contributed by atoms with Crippen LogP contribution in [0.5, 0.6) is 11.5 Å². The average Bonchev–Trinajstić information content (AvgIpc) is 3.09. The number of nitrogens with one attached hydrogen (secondary N) is 1. The second-order valence-corrected chi connectivity index (χ2v) is 7.79. The Morgan fingerprint density at radius 3 is 1.91 bits per heavy atom. The van der Waals surface area contributed by atoms with Crippen molar-refractivity contribution in [2.75, 3.05) is 25.1 Å². The van der Waals surface area contributed by atoms with E-state index in [0.29, 0.717) is 48.8 Å². The number of hydrogen-bond acceptors (Lipinski definition) is 5. The molecular formula is C28H28N2O4. The lowest BCUT2D eigenvalue weighted by Crippen LogP contribution is -2.34. The van der Waals surface area contributed by atoms with Crippen molar-refractivity contribution in [3.63, 3.8) is 0 Å². The Morgan fingerprint density at radius 1 is 0.735 bits per heavy atom. The van der Waals surface area contributed by atoms with E-state index in [9.17, 15) is 9.59 Å². The summed E-state index contributed by atoms with van der Waals surface area (Å²) < 4.78 is 11.0.